The summed E-state index contributed by atoms with van der Waals surface area (Å²) in [6.07, 6.45) is 5.73. The minimum atomic E-state index is 0.0415. The number of pyridine rings is 1. The zero-order valence-electron chi connectivity index (χ0n) is 16.1. The van der Waals surface area contributed by atoms with Crippen molar-refractivity contribution >= 4 is 16.8 Å². The molecule has 1 amide bonds. The van der Waals surface area contributed by atoms with Gasteiger partial charge in [0.05, 0.1) is 12.3 Å². The van der Waals surface area contributed by atoms with E-state index in [1.165, 1.54) is 0 Å². The van der Waals surface area contributed by atoms with Crippen LogP contribution in [0.15, 0.2) is 59.5 Å². The van der Waals surface area contributed by atoms with Gasteiger partial charge in [0.15, 0.2) is 0 Å². The van der Waals surface area contributed by atoms with Crippen LogP contribution in [-0.2, 0) is 11.2 Å². The van der Waals surface area contributed by atoms with Crippen molar-refractivity contribution < 1.29 is 9.32 Å². The predicted molar refractivity (Wildman–Crippen MR) is 108 cm³/mol. The van der Waals surface area contributed by atoms with Gasteiger partial charge < -0.3 is 14.4 Å². The molecule has 2 atom stereocenters. The van der Waals surface area contributed by atoms with Crippen molar-refractivity contribution in [3.05, 3.63) is 66.4 Å². The number of aromatic nitrogens is 4. The van der Waals surface area contributed by atoms with Crippen molar-refractivity contribution in [1.29, 1.82) is 0 Å². The number of fused-ring (bicyclic) bond motifs is 1. The molecule has 29 heavy (non-hydrogen) atoms. The summed E-state index contributed by atoms with van der Waals surface area (Å²) in [5, 5.41) is 5.20. The zero-order chi connectivity index (χ0) is 19.8. The number of aromatic amines is 1. The molecule has 7 heteroatoms. The topological polar surface area (TPSA) is 87.9 Å². The minimum absolute atomic E-state index is 0.0415. The number of likely N-dealkylation sites (tertiary alicyclic amines) is 1. The molecule has 0 radical (unpaired) electrons. The smallest absolute Gasteiger partial charge is 0.232 e. The van der Waals surface area contributed by atoms with E-state index in [0.29, 0.717) is 31.2 Å². The van der Waals surface area contributed by atoms with E-state index in [4.69, 9.17) is 4.52 Å². The van der Waals surface area contributed by atoms with Gasteiger partial charge in [0.25, 0.3) is 0 Å². The fourth-order valence-corrected chi connectivity index (χ4v) is 4.04. The molecule has 4 aromatic rings. The second-order valence-corrected chi connectivity index (χ2v) is 7.62. The van der Waals surface area contributed by atoms with Gasteiger partial charge in [-0.15, -0.1) is 0 Å². The van der Waals surface area contributed by atoms with Gasteiger partial charge in [-0.3, -0.25) is 9.78 Å². The number of H-pyrrole nitrogens is 1. The summed E-state index contributed by atoms with van der Waals surface area (Å²) in [5.41, 5.74) is 2.90. The lowest BCUT2D eigenvalue weighted by molar-refractivity contribution is -0.129. The standard InChI is InChI=1S/C22H21N5O2/c1-14-12-27(20(28)9-16-11-24-19-7-3-2-6-17(16)19)13-18(14)22-25-21(26-29-22)15-5-4-8-23-10-15/h2-8,10-11,14,18,24H,9,12-13H2,1H3. The van der Waals surface area contributed by atoms with E-state index < -0.39 is 0 Å². The van der Waals surface area contributed by atoms with Gasteiger partial charge in [-0.2, -0.15) is 4.98 Å². The van der Waals surface area contributed by atoms with Crippen LogP contribution in [0.25, 0.3) is 22.3 Å². The molecular formula is C22H21N5O2. The number of rotatable bonds is 4. The molecule has 1 aromatic carbocycles. The highest BCUT2D eigenvalue weighted by atomic mass is 16.5. The number of nitrogens with one attached hydrogen (secondary N) is 1. The van der Waals surface area contributed by atoms with Crippen molar-refractivity contribution in [2.24, 2.45) is 5.92 Å². The van der Waals surface area contributed by atoms with E-state index in [-0.39, 0.29) is 17.7 Å². The molecule has 0 saturated carbocycles. The molecule has 1 saturated heterocycles. The van der Waals surface area contributed by atoms with Gasteiger partial charge in [-0.05, 0) is 29.7 Å². The lowest BCUT2D eigenvalue weighted by atomic mass is 9.98. The normalized spacial score (nSPS) is 19.1. The van der Waals surface area contributed by atoms with Crippen molar-refractivity contribution in [1.82, 2.24) is 25.0 Å². The average Bonchev–Trinajstić information content (AvgIpc) is 3.47. The maximum Gasteiger partial charge on any atom is 0.232 e. The van der Waals surface area contributed by atoms with Crippen molar-refractivity contribution in [2.75, 3.05) is 13.1 Å². The van der Waals surface area contributed by atoms with Crippen LogP contribution in [0, 0.1) is 5.92 Å². The first kappa shape index (κ1) is 17.6. The Morgan fingerprint density at radius 3 is 3.00 bits per heavy atom. The maximum absolute atomic E-state index is 12.9. The molecule has 1 N–H and O–H groups in total. The van der Waals surface area contributed by atoms with Crippen molar-refractivity contribution in [3.63, 3.8) is 0 Å². The summed E-state index contributed by atoms with van der Waals surface area (Å²) < 4.78 is 5.53. The monoisotopic (exact) mass is 387 g/mol. The number of amides is 1. The number of hydrogen-bond donors (Lipinski definition) is 1. The van der Waals surface area contributed by atoms with E-state index >= 15 is 0 Å². The van der Waals surface area contributed by atoms with E-state index in [0.717, 1.165) is 22.0 Å². The second-order valence-electron chi connectivity index (χ2n) is 7.62. The fraction of sp³-hybridized carbons (Fsp3) is 0.273. The van der Waals surface area contributed by atoms with Crippen LogP contribution >= 0.6 is 0 Å². The van der Waals surface area contributed by atoms with E-state index in [2.05, 4.69) is 27.0 Å². The third-order valence-corrected chi connectivity index (χ3v) is 5.66. The van der Waals surface area contributed by atoms with Gasteiger partial charge in [0, 0.05) is 48.1 Å². The average molecular weight is 387 g/mol. The molecule has 1 aliphatic rings. The largest absolute Gasteiger partial charge is 0.361 e. The van der Waals surface area contributed by atoms with Crippen molar-refractivity contribution in [3.8, 4) is 11.4 Å². The Morgan fingerprint density at radius 2 is 2.14 bits per heavy atom. The zero-order valence-corrected chi connectivity index (χ0v) is 16.1. The van der Waals surface area contributed by atoms with E-state index in [1.807, 2.05) is 47.5 Å². The van der Waals surface area contributed by atoms with Crippen LogP contribution in [0.4, 0.5) is 0 Å². The Morgan fingerprint density at radius 1 is 1.24 bits per heavy atom. The Bertz CT molecular complexity index is 1150. The Hall–Kier alpha value is -3.48. The molecule has 146 valence electrons. The Labute approximate surface area is 167 Å². The van der Waals surface area contributed by atoms with E-state index in [9.17, 15) is 4.79 Å². The van der Waals surface area contributed by atoms with Gasteiger partial charge in [-0.25, -0.2) is 0 Å². The summed E-state index contributed by atoms with van der Waals surface area (Å²) in [4.78, 5) is 26.7. The molecule has 7 nitrogen and oxygen atoms in total. The maximum atomic E-state index is 12.9. The first-order chi connectivity index (χ1) is 14.2. The predicted octanol–water partition coefficient (Wildman–Crippen LogP) is 3.42. The fourth-order valence-electron chi connectivity index (χ4n) is 4.04. The second kappa shape index (κ2) is 7.16. The van der Waals surface area contributed by atoms with Crippen LogP contribution in [0.2, 0.25) is 0 Å². The van der Waals surface area contributed by atoms with Crippen LogP contribution in [0.5, 0.6) is 0 Å². The molecule has 2 unspecified atom stereocenters. The Kier molecular flexibility index (Phi) is 4.35. The lowest BCUT2D eigenvalue weighted by Gasteiger charge is -2.15. The van der Waals surface area contributed by atoms with Gasteiger partial charge in [0.1, 0.15) is 0 Å². The molecule has 5 rings (SSSR count). The molecule has 1 aliphatic heterocycles. The summed E-state index contributed by atoms with van der Waals surface area (Å²) in [7, 11) is 0. The third-order valence-electron chi connectivity index (χ3n) is 5.66. The highest BCUT2D eigenvalue weighted by Gasteiger charge is 2.37. The SMILES string of the molecule is CC1CN(C(=O)Cc2c[nH]c3ccccc23)CC1c1nc(-c2cccnc2)no1. The molecule has 0 aliphatic carbocycles. The summed E-state index contributed by atoms with van der Waals surface area (Å²) in [5.74, 6) is 1.53. The molecule has 4 heterocycles. The Balaban J connectivity index is 1.31. The number of benzene rings is 1. The van der Waals surface area contributed by atoms with Crippen molar-refractivity contribution in [2.45, 2.75) is 19.3 Å². The summed E-state index contributed by atoms with van der Waals surface area (Å²) >= 11 is 0. The first-order valence-electron chi connectivity index (χ1n) is 9.76. The molecule has 0 spiro atoms. The number of para-hydroxylation sites is 1. The summed E-state index contributed by atoms with van der Waals surface area (Å²) in [6.45, 7) is 3.41. The number of nitrogens with zero attached hydrogens (tertiary/aromatic N) is 4. The highest BCUT2D eigenvalue weighted by Crippen LogP contribution is 2.33. The van der Waals surface area contributed by atoms with Crippen LogP contribution in [0.3, 0.4) is 0 Å². The first-order valence-corrected chi connectivity index (χ1v) is 9.76. The summed E-state index contributed by atoms with van der Waals surface area (Å²) in [6, 6.07) is 11.8. The van der Waals surface area contributed by atoms with Gasteiger partial charge >= 0.3 is 0 Å². The van der Waals surface area contributed by atoms with Crippen LogP contribution < -0.4 is 0 Å². The minimum Gasteiger partial charge on any atom is -0.361 e. The molecule has 3 aromatic heterocycles. The third kappa shape index (κ3) is 3.29. The van der Waals surface area contributed by atoms with Gasteiger partial charge in [0.2, 0.25) is 17.6 Å². The van der Waals surface area contributed by atoms with Crippen LogP contribution in [-0.4, -0.2) is 44.0 Å². The quantitative estimate of drug-likeness (QED) is 0.580. The molecule has 1 fully saturated rings. The molecular weight excluding hydrogens is 366 g/mol. The molecule has 0 bridgehead atoms. The van der Waals surface area contributed by atoms with Crippen LogP contribution in [0.1, 0.15) is 24.3 Å². The number of carbonyl (C=O) groups is 1. The van der Waals surface area contributed by atoms with E-state index in [1.54, 1.807) is 12.4 Å². The highest BCUT2D eigenvalue weighted by molar-refractivity contribution is 5.89. The van der Waals surface area contributed by atoms with Gasteiger partial charge in [-0.1, -0.05) is 30.3 Å². The lowest BCUT2D eigenvalue weighted by Crippen LogP contribution is -2.30. The number of carbonyl (C=O) groups excluding carboxylic acids is 1. The number of hydrogen-bond acceptors (Lipinski definition) is 5.